The van der Waals surface area contributed by atoms with Gasteiger partial charge in [0.25, 0.3) is 0 Å². The smallest absolute Gasteiger partial charge is 0.325 e. The van der Waals surface area contributed by atoms with Crippen LogP contribution in [0.1, 0.15) is 74.8 Å². The molecule has 3 unspecified atom stereocenters. The number of ether oxygens (including phenoxy) is 1. The molecule has 2 heterocycles. The van der Waals surface area contributed by atoms with E-state index in [4.69, 9.17) is 4.74 Å². The third-order valence-electron chi connectivity index (χ3n) is 9.33. The summed E-state index contributed by atoms with van der Waals surface area (Å²) in [5, 5.41) is 21.0. The molecule has 1 aliphatic heterocycles. The molecular formula is C35H45N5O6S. The van der Waals surface area contributed by atoms with Crippen molar-refractivity contribution in [1.82, 2.24) is 24.6 Å². The minimum atomic E-state index is -3.39. The van der Waals surface area contributed by atoms with Gasteiger partial charge in [-0.15, -0.1) is 15.9 Å². The van der Waals surface area contributed by atoms with Crippen LogP contribution >= 0.6 is 10.8 Å². The number of carbonyl (C=O) groups excluding carboxylic acids is 1. The predicted molar refractivity (Wildman–Crippen MR) is 183 cm³/mol. The minimum absolute atomic E-state index is 0.231. The first-order valence-corrected chi connectivity index (χ1v) is 17.5. The molecule has 252 valence electrons. The average molecular weight is 664 g/mol. The Morgan fingerprint density at radius 2 is 1.83 bits per heavy atom. The van der Waals surface area contributed by atoms with E-state index < -0.39 is 40.0 Å². The van der Waals surface area contributed by atoms with Crippen molar-refractivity contribution in [2.45, 2.75) is 90.9 Å². The van der Waals surface area contributed by atoms with Gasteiger partial charge < -0.3 is 15.2 Å². The lowest BCUT2D eigenvalue weighted by molar-refractivity contribution is -0.143. The van der Waals surface area contributed by atoms with E-state index in [1.54, 1.807) is 22.5 Å². The zero-order valence-corrected chi connectivity index (χ0v) is 28.8. The van der Waals surface area contributed by atoms with Gasteiger partial charge in [-0.25, -0.2) is 4.68 Å². The highest BCUT2D eigenvalue weighted by Gasteiger charge is 2.41. The van der Waals surface area contributed by atoms with E-state index in [-0.39, 0.29) is 12.6 Å². The van der Waals surface area contributed by atoms with Crippen molar-refractivity contribution in [3.05, 3.63) is 82.4 Å². The molecule has 1 aromatic heterocycles. The molecule has 0 spiro atoms. The number of hydrogen-bond donors (Lipinski definition) is 4. The summed E-state index contributed by atoms with van der Waals surface area (Å²) >= 11 is 0. The third kappa shape index (κ3) is 6.47. The van der Waals surface area contributed by atoms with E-state index in [1.165, 1.54) is 6.92 Å². The Morgan fingerprint density at radius 3 is 2.51 bits per heavy atom. The number of amides is 1. The first-order valence-electron chi connectivity index (χ1n) is 16.0. The van der Waals surface area contributed by atoms with Gasteiger partial charge in [0.1, 0.15) is 28.3 Å². The fourth-order valence-corrected chi connectivity index (χ4v) is 7.97. The number of carboxylic acids is 1. The van der Waals surface area contributed by atoms with Crippen molar-refractivity contribution in [3.63, 3.8) is 0 Å². The molecule has 0 saturated heterocycles. The van der Waals surface area contributed by atoms with E-state index in [1.807, 2.05) is 82.6 Å². The van der Waals surface area contributed by atoms with Crippen molar-refractivity contribution in [2.24, 2.45) is 5.41 Å². The zero-order chi connectivity index (χ0) is 34.3. The molecule has 11 nitrogen and oxygen atoms in total. The van der Waals surface area contributed by atoms with Crippen LogP contribution in [0.3, 0.4) is 0 Å². The standard InChI is InChI=1S/C35H45N5O6S/c1-8-26-20-39(47(44,45)30-13-11-10-12-29(30)46-26)19-25-18-24(15-14-21(25)3)31(35(6,7)34(43)36-23(5)33(41)42)27-16-17-28-32(22(27)4)37-38-40(28)9-2/h10-18,23,26,31,44-45H,8-9,19-20H2,1-7H3,(H,36,43)(H,41,42). The molecule has 3 aromatic carbocycles. The summed E-state index contributed by atoms with van der Waals surface area (Å²) in [4.78, 5) is 25.9. The van der Waals surface area contributed by atoms with Crippen molar-refractivity contribution in [1.29, 1.82) is 0 Å². The fraction of sp³-hybridized carbons (Fsp3) is 0.429. The highest BCUT2D eigenvalue weighted by Crippen LogP contribution is 2.57. The number of fused-ring (bicyclic) bond motifs is 2. The number of nitrogens with one attached hydrogen (secondary N) is 1. The summed E-state index contributed by atoms with van der Waals surface area (Å²) in [6.07, 6.45) is 0.440. The second-order valence-corrected chi connectivity index (χ2v) is 14.9. The molecule has 0 fully saturated rings. The Morgan fingerprint density at radius 1 is 1.11 bits per heavy atom. The number of nitrogens with zero attached hydrogens (tertiary/aromatic N) is 4. The number of rotatable bonds is 10. The number of carbonyl (C=O) groups is 2. The van der Waals surface area contributed by atoms with E-state index >= 15 is 0 Å². The lowest BCUT2D eigenvalue weighted by atomic mass is 9.69. The number of aromatic nitrogens is 3. The predicted octanol–water partition coefficient (Wildman–Crippen LogP) is 6.51. The molecule has 1 aliphatic rings. The van der Waals surface area contributed by atoms with Crippen LogP contribution in [0.25, 0.3) is 11.0 Å². The molecule has 47 heavy (non-hydrogen) atoms. The molecular weight excluding hydrogens is 618 g/mol. The number of benzene rings is 3. The monoisotopic (exact) mass is 663 g/mol. The average Bonchev–Trinajstić information content (AvgIpc) is 3.42. The summed E-state index contributed by atoms with van der Waals surface area (Å²) in [7, 11) is -3.39. The SMILES string of the molecule is CCC1CN(Cc2cc(C(c3ccc4c(nnn4CC)c3C)C(C)(C)C(=O)NC(C)C(=O)O)ccc2C)S(O)(O)c2ccccc2O1. The second-order valence-electron chi connectivity index (χ2n) is 12.9. The maximum absolute atomic E-state index is 13.9. The minimum Gasteiger partial charge on any atom is -0.487 e. The maximum Gasteiger partial charge on any atom is 0.325 e. The zero-order valence-electron chi connectivity index (χ0n) is 28.0. The lowest BCUT2D eigenvalue weighted by Gasteiger charge is -2.42. The molecule has 4 aromatic rings. The summed E-state index contributed by atoms with van der Waals surface area (Å²) in [6, 6.07) is 15.9. The molecule has 12 heteroatoms. The maximum atomic E-state index is 13.9. The highest BCUT2D eigenvalue weighted by molar-refractivity contribution is 8.22. The molecule has 4 N–H and O–H groups in total. The van der Waals surface area contributed by atoms with Gasteiger partial charge in [-0.3, -0.25) is 18.7 Å². The van der Waals surface area contributed by atoms with Gasteiger partial charge in [-0.2, -0.15) is 4.31 Å². The Balaban J connectivity index is 1.63. The van der Waals surface area contributed by atoms with Crippen LogP contribution in [0, 0.1) is 19.3 Å². The van der Waals surface area contributed by atoms with Crippen molar-refractivity contribution >= 4 is 33.7 Å². The third-order valence-corrected chi connectivity index (χ3v) is 11.3. The van der Waals surface area contributed by atoms with Crippen LogP contribution in [0.4, 0.5) is 0 Å². The van der Waals surface area contributed by atoms with Gasteiger partial charge in [0.15, 0.2) is 0 Å². The summed E-state index contributed by atoms with van der Waals surface area (Å²) in [5.41, 5.74) is 4.91. The number of carboxylic acid groups (broad SMARTS) is 1. The van der Waals surface area contributed by atoms with Crippen molar-refractivity contribution < 1.29 is 28.5 Å². The van der Waals surface area contributed by atoms with Gasteiger partial charge in [0.05, 0.1) is 17.5 Å². The van der Waals surface area contributed by atoms with Gasteiger partial charge in [0.2, 0.25) is 5.91 Å². The van der Waals surface area contributed by atoms with Crippen LogP contribution in [0.15, 0.2) is 59.5 Å². The molecule has 0 saturated carbocycles. The number of aliphatic carboxylic acids is 1. The Labute approximate surface area is 277 Å². The van der Waals surface area contributed by atoms with Crippen LogP contribution < -0.4 is 10.1 Å². The Bertz CT molecular complexity index is 1800. The van der Waals surface area contributed by atoms with Gasteiger partial charge >= 0.3 is 5.97 Å². The molecule has 5 rings (SSSR count). The second kappa shape index (κ2) is 13.3. The lowest BCUT2D eigenvalue weighted by Crippen LogP contribution is -2.47. The largest absolute Gasteiger partial charge is 0.487 e. The molecule has 0 aliphatic carbocycles. The summed E-state index contributed by atoms with van der Waals surface area (Å²) < 4.78 is 33.0. The van der Waals surface area contributed by atoms with Crippen molar-refractivity contribution in [3.8, 4) is 5.75 Å². The first kappa shape index (κ1) is 34.4. The Hall–Kier alpha value is -3.97. The normalized spacial score (nSPS) is 18.4. The summed E-state index contributed by atoms with van der Waals surface area (Å²) in [5.74, 6) is -1.57. The number of aryl methyl sites for hydroxylation is 3. The Kier molecular flexibility index (Phi) is 9.70. The number of hydrogen-bond acceptors (Lipinski definition) is 8. The first-order chi connectivity index (χ1) is 22.2. The van der Waals surface area contributed by atoms with E-state index in [9.17, 15) is 23.8 Å². The van der Waals surface area contributed by atoms with E-state index in [0.29, 0.717) is 30.2 Å². The number of para-hydroxylation sites is 1. The van der Waals surface area contributed by atoms with Crippen LogP contribution in [-0.4, -0.2) is 64.1 Å². The van der Waals surface area contributed by atoms with E-state index in [0.717, 1.165) is 38.9 Å². The topological polar surface area (TPSA) is 150 Å². The van der Waals surface area contributed by atoms with Gasteiger partial charge in [-0.1, -0.05) is 62.4 Å². The quantitative estimate of drug-likeness (QED) is 0.149. The van der Waals surface area contributed by atoms with Crippen LogP contribution in [0.5, 0.6) is 5.75 Å². The van der Waals surface area contributed by atoms with Gasteiger partial charge in [0, 0.05) is 19.0 Å². The highest BCUT2D eigenvalue weighted by atomic mass is 32.3. The summed E-state index contributed by atoms with van der Waals surface area (Å²) in [6.45, 7) is 14.2. The molecule has 0 bridgehead atoms. The van der Waals surface area contributed by atoms with Crippen LogP contribution in [0.2, 0.25) is 0 Å². The van der Waals surface area contributed by atoms with E-state index in [2.05, 4.69) is 15.6 Å². The molecule has 0 radical (unpaired) electrons. The molecule has 3 atom stereocenters. The van der Waals surface area contributed by atoms with Crippen LogP contribution in [-0.2, 0) is 22.7 Å². The van der Waals surface area contributed by atoms with Gasteiger partial charge in [-0.05, 0) is 80.1 Å². The van der Waals surface area contributed by atoms with Crippen molar-refractivity contribution in [2.75, 3.05) is 6.54 Å². The molecule has 1 amide bonds. The fourth-order valence-electron chi connectivity index (χ4n) is 6.35.